The molecule has 23 heavy (non-hydrogen) atoms. The van der Waals surface area contributed by atoms with E-state index in [1.54, 1.807) is 11.6 Å². The van der Waals surface area contributed by atoms with Crippen molar-refractivity contribution in [2.24, 2.45) is 0 Å². The van der Waals surface area contributed by atoms with Gasteiger partial charge in [-0.15, -0.1) is 5.10 Å². The van der Waals surface area contributed by atoms with Gasteiger partial charge in [0.2, 0.25) is 5.91 Å². The Morgan fingerprint density at radius 1 is 1.26 bits per heavy atom. The summed E-state index contributed by atoms with van der Waals surface area (Å²) in [6, 6.07) is 8.04. The lowest BCUT2D eigenvalue weighted by Gasteiger charge is -2.04. The molecule has 0 fully saturated rings. The first-order valence-corrected chi connectivity index (χ1v) is 7.63. The van der Waals surface area contributed by atoms with Crippen LogP contribution in [-0.4, -0.2) is 35.9 Å². The third kappa shape index (κ3) is 3.20. The van der Waals surface area contributed by atoms with Gasteiger partial charge in [0.1, 0.15) is 5.82 Å². The molecule has 1 aromatic carbocycles. The molecule has 2 aromatic heterocycles. The monoisotopic (exact) mass is 313 g/mol. The molecule has 0 saturated carbocycles. The van der Waals surface area contributed by atoms with Gasteiger partial charge in [0.05, 0.1) is 24.3 Å². The van der Waals surface area contributed by atoms with Crippen LogP contribution < -0.4 is 5.32 Å². The number of benzene rings is 1. The quantitative estimate of drug-likeness (QED) is 0.735. The minimum atomic E-state index is -0.0463. The maximum absolute atomic E-state index is 12.0. The van der Waals surface area contributed by atoms with Gasteiger partial charge in [-0.25, -0.2) is 4.68 Å². The van der Waals surface area contributed by atoms with Gasteiger partial charge >= 0.3 is 0 Å². The number of aromatic nitrogens is 6. The SMILES string of the molecule is CCn1nc(CNC(=O)CCn2nnnc2C)c2ccccc21. The molecular weight excluding hydrogens is 294 g/mol. The number of rotatable bonds is 6. The first-order valence-electron chi connectivity index (χ1n) is 7.63. The summed E-state index contributed by atoms with van der Waals surface area (Å²) in [5.41, 5.74) is 1.97. The molecule has 0 aliphatic carbocycles. The van der Waals surface area contributed by atoms with E-state index in [-0.39, 0.29) is 5.91 Å². The molecule has 0 aliphatic rings. The Labute approximate surface area is 133 Å². The van der Waals surface area contributed by atoms with Gasteiger partial charge in [-0.1, -0.05) is 18.2 Å². The Balaban J connectivity index is 1.62. The summed E-state index contributed by atoms with van der Waals surface area (Å²) in [6.07, 6.45) is 0.332. The Hall–Kier alpha value is -2.77. The zero-order valence-electron chi connectivity index (χ0n) is 13.2. The molecule has 2 heterocycles. The van der Waals surface area contributed by atoms with Crippen LogP contribution in [0.4, 0.5) is 0 Å². The maximum atomic E-state index is 12.0. The van der Waals surface area contributed by atoms with Crippen LogP contribution in [0.2, 0.25) is 0 Å². The van der Waals surface area contributed by atoms with Crippen molar-refractivity contribution >= 4 is 16.8 Å². The minimum absolute atomic E-state index is 0.0463. The van der Waals surface area contributed by atoms with Gasteiger partial charge in [0.15, 0.2) is 0 Å². The molecule has 120 valence electrons. The number of carbonyl (C=O) groups excluding carboxylic acids is 1. The average Bonchev–Trinajstić information content (AvgIpc) is 3.14. The van der Waals surface area contributed by atoms with Crippen molar-refractivity contribution in [3.05, 3.63) is 35.8 Å². The zero-order valence-corrected chi connectivity index (χ0v) is 13.2. The van der Waals surface area contributed by atoms with Gasteiger partial charge in [-0.3, -0.25) is 9.48 Å². The van der Waals surface area contributed by atoms with Gasteiger partial charge in [0, 0.05) is 18.4 Å². The molecule has 3 rings (SSSR count). The Bertz CT molecular complexity index is 820. The number of carbonyl (C=O) groups is 1. The van der Waals surface area contributed by atoms with Crippen LogP contribution in [0.5, 0.6) is 0 Å². The van der Waals surface area contributed by atoms with Crippen molar-refractivity contribution in [1.82, 2.24) is 35.3 Å². The molecule has 0 saturated heterocycles. The third-order valence-corrected chi connectivity index (χ3v) is 3.75. The summed E-state index contributed by atoms with van der Waals surface area (Å²) < 4.78 is 3.56. The predicted molar refractivity (Wildman–Crippen MR) is 84.4 cm³/mol. The Kier molecular flexibility index (Phi) is 4.31. The first kappa shape index (κ1) is 15.1. The van der Waals surface area contributed by atoms with Crippen molar-refractivity contribution < 1.29 is 4.79 Å². The molecular formula is C15H19N7O. The number of fused-ring (bicyclic) bond motifs is 1. The Morgan fingerprint density at radius 3 is 2.83 bits per heavy atom. The summed E-state index contributed by atoms with van der Waals surface area (Å²) >= 11 is 0. The second-order valence-corrected chi connectivity index (χ2v) is 5.26. The van der Waals surface area contributed by atoms with E-state index in [9.17, 15) is 4.79 Å². The van der Waals surface area contributed by atoms with Gasteiger partial charge in [0.25, 0.3) is 0 Å². The summed E-state index contributed by atoms with van der Waals surface area (Å²) in [7, 11) is 0. The fraction of sp³-hybridized carbons (Fsp3) is 0.400. The lowest BCUT2D eigenvalue weighted by molar-refractivity contribution is -0.121. The standard InChI is InChI=1S/C15H19N7O/c1-3-21-14-7-5-4-6-12(14)13(18-21)10-16-15(23)8-9-22-11(2)17-19-20-22/h4-7H,3,8-10H2,1-2H3,(H,16,23). The normalized spacial score (nSPS) is 11.0. The highest BCUT2D eigenvalue weighted by atomic mass is 16.1. The van der Waals surface area contributed by atoms with Crippen LogP contribution in [-0.2, 0) is 24.4 Å². The molecule has 3 aromatic rings. The summed E-state index contributed by atoms with van der Waals surface area (Å²) in [6.45, 7) is 5.54. The number of nitrogens with zero attached hydrogens (tertiary/aromatic N) is 6. The fourth-order valence-corrected chi connectivity index (χ4v) is 2.50. The van der Waals surface area contributed by atoms with E-state index in [1.165, 1.54) is 0 Å². The molecule has 0 atom stereocenters. The third-order valence-electron chi connectivity index (χ3n) is 3.75. The second-order valence-electron chi connectivity index (χ2n) is 5.26. The van der Waals surface area contributed by atoms with Crippen LogP contribution in [0.3, 0.4) is 0 Å². The highest BCUT2D eigenvalue weighted by Crippen LogP contribution is 2.18. The second kappa shape index (κ2) is 6.55. The fourth-order valence-electron chi connectivity index (χ4n) is 2.50. The van der Waals surface area contributed by atoms with E-state index < -0.39 is 0 Å². The van der Waals surface area contributed by atoms with Crippen LogP contribution in [0, 0.1) is 6.92 Å². The zero-order chi connectivity index (χ0) is 16.2. The molecule has 0 radical (unpaired) electrons. The summed E-state index contributed by atoms with van der Waals surface area (Å²) in [5, 5.41) is 19.7. The van der Waals surface area contributed by atoms with Crippen molar-refractivity contribution in [2.45, 2.75) is 39.9 Å². The van der Waals surface area contributed by atoms with E-state index in [1.807, 2.05) is 28.9 Å². The van der Waals surface area contributed by atoms with Crippen molar-refractivity contribution in [1.29, 1.82) is 0 Å². The maximum Gasteiger partial charge on any atom is 0.222 e. The van der Waals surface area contributed by atoms with E-state index in [0.717, 1.165) is 23.1 Å². The molecule has 0 unspecified atom stereocenters. The number of aryl methyl sites for hydroxylation is 3. The lowest BCUT2D eigenvalue weighted by Crippen LogP contribution is -2.24. The van der Waals surface area contributed by atoms with Crippen molar-refractivity contribution in [3.63, 3.8) is 0 Å². The van der Waals surface area contributed by atoms with Gasteiger partial charge in [-0.05, 0) is 30.3 Å². The summed E-state index contributed by atoms with van der Waals surface area (Å²) in [5.74, 6) is 0.653. The molecule has 0 bridgehead atoms. The number of hydrogen-bond donors (Lipinski definition) is 1. The van der Waals surface area contributed by atoms with Crippen LogP contribution in [0.1, 0.15) is 24.9 Å². The van der Waals surface area contributed by atoms with Crippen LogP contribution in [0.25, 0.3) is 10.9 Å². The number of tetrazole rings is 1. The molecule has 8 nitrogen and oxygen atoms in total. The van der Waals surface area contributed by atoms with Crippen LogP contribution >= 0.6 is 0 Å². The molecule has 0 aliphatic heterocycles. The van der Waals surface area contributed by atoms with E-state index in [4.69, 9.17) is 0 Å². The molecule has 8 heteroatoms. The van der Waals surface area contributed by atoms with E-state index in [2.05, 4.69) is 32.9 Å². The first-order chi connectivity index (χ1) is 11.2. The Morgan fingerprint density at radius 2 is 2.09 bits per heavy atom. The molecule has 1 amide bonds. The topological polar surface area (TPSA) is 90.5 Å². The van der Waals surface area contributed by atoms with Gasteiger partial charge < -0.3 is 5.32 Å². The highest BCUT2D eigenvalue weighted by molar-refractivity contribution is 5.82. The highest BCUT2D eigenvalue weighted by Gasteiger charge is 2.11. The number of hydrogen-bond acceptors (Lipinski definition) is 5. The molecule has 0 spiro atoms. The predicted octanol–water partition coefficient (Wildman–Crippen LogP) is 1.06. The van der Waals surface area contributed by atoms with Crippen molar-refractivity contribution in [2.75, 3.05) is 0 Å². The van der Waals surface area contributed by atoms with Crippen molar-refractivity contribution in [3.8, 4) is 0 Å². The minimum Gasteiger partial charge on any atom is -0.350 e. The number of nitrogens with one attached hydrogen (secondary N) is 1. The lowest BCUT2D eigenvalue weighted by atomic mass is 10.2. The van der Waals surface area contributed by atoms with Gasteiger partial charge in [-0.2, -0.15) is 5.10 Å². The van der Waals surface area contributed by atoms with Crippen LogP contribution in [0.15, 0.2) is 24.3 Å². The number of amides is 1. The smallest absolute Gasteiger partial charge is 0.222 e. The molecule has 1 N–H and O–H groups in total. The number of para-hydroxylation sites is 1. The van der Waals surface area contributed by atoms with E-state index in [0.29, 0.717) is 25.3 Å². The average molecular weight is 313 g/mol. The van der Waals surface area contributed by atoms with E-state index >= 15 is 0 Å². The largest absolute Gasteiger partial charge is 0.350 e. The summed E-state index contributed by atoms with van der Waals surface area (Å²) in [4.78, 5) is 12.0.